The van der Waals surface area contributed by atoms with Crippen molar-refractivity contribution in [2.45, 2.75) is 32.1 Å². The van der Waals surface area contributed by atoms with Gasteiger partial charge in [0.2, 0.25) is 0 Å². The van der Waals surface area contributed by atoms with Crippen molar-refractivity contribution in [3.63, 3.8) is 0 Å². The van der Waals surface area contributed by atoms with Crippen LogP contribution in [0.2, 0.25) is 0 Å². The SMILES string of the molecule is O=C(O)CCCCCCNC(=O)c1ccc(Oc2ccccc2)o1. The molecule has 0 aliphatic carbocycles. The summed E-state index contributed by atoms with van der Waals surface area (Å²) >= 11 is 0. The lowest BCUT2D eigenvalue weighted by atomic mass is 10.1. The second-order valence-corrected chi connectivity index (χ2v) is 5.35. The number of benzene rings is 1. The maximum atomic E-state index is 12.0. The summed E-state index contributed by atoms with van der Waals surface area (Å²) in [6.45, 7) is 0.529. The molecule has 6 heteroatoms. The number of rotatable bonds is 10. The zero-order valence-electron chi connectivity index (χ0n) is 13.4. The van der Waals surface area contributed by atoms with Crippen LogP contribution in [0.1, 0.15) is 42.7 Å². The largest absolute Gasteiger partial charge is 0.481 e. The fourth-order valence-corrected chi connectivity index (χ4v) is 2.15. The van der Waals surface area contributed by atoms with Crippen molar-refractivity contribution in [2.24, 2.45) is 0 Å². The highest BCUT2D eigenvalue weighted by molar-refractivity contribution is 5.91. The molecule has 0 aliphatic rings. The molecule has 2 aromatic rings. The molecule has 24 heavy (non-hydrogen) atoms. The van der Waals surface area contributed by atoms with E-state index in [0.717, 1.165) is 19.3 Å². The maximum Gasteiger partial charge on any atom is 0.303 e. The van der Waals surface area contributed by atoms with Crippen molar-refractivity contribution < 1.29 is 23.8 Å². The van der Waals surface area contributed by atoms with Gasteiger partial charge in [0, 0.05) is 19.0 Å². The standard InChI is InChI=1S/C18H21NO5/c20-16(21)10-6-1-2-7-13-19-18(22)15-11-12-17(24-15)23-14-8-4-3-5-9-14/h3-5,8-9,11-12H,1-2,6-7,10,13H2,(H,19,22)(H,20,21). The number of nitrogens with one attached hydrogen (secondary N) is 1. The van der Waals surface area contributed by atoms with Gasteiger partial charge < -0.3 is 19.6 Å². The molecule has 0 fully saturated rings. The number of unbranched alkanes of at least 4 members (excludes halogenated alkanes) is 3. The van der Waals surface area contributed by atoms with E-state index in [1.54, 1.807) is 24.3 Å². The van der Waals surface area contributed by atoms with Crippen LogP contribution in [0, 0.1) is 0 Å². The summed E-state index contributed by atoms with van der Waals surface area (Å²) in [5.74, 6) is 0.0464. The van der Waals surface area contributed by atoms with Gasteiger partial charge in [0.1, 0.15) is 5.75 Å². The summed E-state index contributed by atoms with van der Waals surface area (Å²) in [6.07, 6.45) is 3.40. The molecule has 6 nitrogen and oxygen atoms in total. The average molecular weight is 331 g/mol. The molecule has 2 rings (SSSR count). The molecule has 2 N–H and O–H groups in total. The Hall–Kier alpha value is -2.76. The lowest BCUT2D eigenvalue weighted by molar-refractivity contribution is -0.137. The van der Waals surface area contributed by atoms with Gasteiger partial charge in [-0.25, -0.2) is 0 Å². The van der Waals surface area contributed by atoms with Gasteiger partial charge in [-0.15, -0.1) is 0 Å². The Morgan fingerprint density at radius 2 is 1.75 bits per heavy atom. The lowest BCUT2D eigenvalue weighted by Gasteiger charge is -2.03. The van der Waals surface area contributed by atoms with Crippen molar-refractivity contribution in [2.75, 3.05) is 6.54 Å². The number of hydrogen-bond acceptors (Lipinski definition) is 4. The first kappa shape index (κ1) is 17.6. The molecule has 1 aromatic carbocycles. The first-order chi connectivity index (χ1) is 11.6. The Bertz CT molecular complexity index is 650. The number of hydrogen-bond donors (Lipinski definition) is 2. The first-order valence-electron chi connectivity index (χ1n) is 7.98. The summed E-state index contributed by atoms with van der Waals surface area (Å²) in [5, 5.41) is 11.3. The van der Waals surface area contributed by atoms with Crippen LogP contribution in [0.3, 0.4) is 0 Å². The van der Waals surface area contributed by atoms with Crippen LogP contribution in [-0.2, 0) is 4.79 Å². The minimum Gasteiger partial charge on any atom is -0.481 e. The Morgan fingerprint density at radius 3 is 2.50 bits per heavy atom. The van der Waals surface area contributed by atoms with E-state index in [4.69, 9.17) is 14.3 Å². The number of carboxylic acid groups (broad SMARTS) is 1. The first-order valence-corrected chi connectivity index (χ1v) is 7.98. The van der Waals surface area contributed by atoms with E-state index >= 15 is 0 Å². The van der Waals surface area contributed by atoms with E-state index in [2.05, 4.69) is 5.32 Å². The fourth-order valence-electron chi connectivity index (χ4n) is 2.15. The summed E-state index contributed by atoms with van der Waals surface area (Å²) in [6, 6.07) is 12.4. The van der Waals surface area contributed by atoms with Crippen LogP contribution in [-0.4, -0.2) is 23.5 Å². The molecule has 0 saturated carbocycles. The molecule has 0 atom stereocenters. The molecular weight excluding hydrogens is 310 g/mol. The van der Waals surface area contributed by atoms with Gasteiger partial charge in [0.05, 0.1) is 0 Å². The average Bonchev–Trinajstić information content (AvgIpc) is 3.03. The van der Waals surface area contributed by atoms with Crippen LogP contribution >= 0.6 is 0 Å². The van der Waals surface area contributed by atoms with E-state index in [9.17, 15) is 9.59 Å². The van der Waals surface area contributed by atoms with Crippen molar-refractivity contribution in [3.8, 4) is 11.7 Å². The molecule has 128 valence electrons. The van der Waals surface area contributed by atoms with Gasteiger partial charge in [0.25, 0.3) is 11.9 Å². The van der Waals surface area contributed by atoms with Crippen LogP contribution in [0.5, 0.6) is 11.7 Å². The summed E-state index contributed by atoms with van der Waals surface area (Å²) < 4.78 is 10.9. The van der Waals surface area contributed by atoms with Crippen LogP contribution in [0.4, 0.5) is 0 Å². The van der Waals surface area contributed by atoms with Gasteiger partial charge in [-0.05, 0) is 31.0 Å². The third kappa shape index (κ3) is 6.16. The quantitative estimate of drug-likeness (QED) is 0.646. The fraction of sp³-hybridized carbons (Fsp3) is 0.333. The van der Waals surface area contributed by atoms with Gasteiger partial charge in [-0.3, -0.25) is 9.59 Å². The van der Waals surface area contributed by atoms with Crippen molar-refractivity contribution >= 4 is 11.9 Å². The number of ether oxygens (including phenoxy) is 1. The van der Waals surface area contributed by atoms with Gasteiger partial charge in [-0.2, -0.15) is 0 Å². The van der Waals surface area contributed by atoms with E-state index in [1.807, 2.05) is 18.2 Å². The topological polar surface area (TPSA) is 88.8 Å². The molecule has 0 aliphatic heterocycles. The van der Waals surface area contributed by atoms with Crippen molar-refractivity contribution in [3.05, 3.63) is 48.2 Å². The van der Waals surface area contributed by atoms with Gasteiger partial charge >= 0.3 is 5.97 Å². The van der Waals surface area contributed by atoms with E-state index in [0.29, 0.717) is 18.7 Å². The third-order valence-electron chi connectivity index (χ3n) is 3.37. The zero-order valence-corrected chi connectivity index (χ0v) is 13.4. The summed E-state index contributed by atoms with van der Waals surface area (Å²) in [4.78, 5) is 22.3. The molecular formula is C18H21NO5. The van der Waals surface area contributed by atoms with Crippen molar-refractivity contribution in [1.82, 2.24) is 5.32 Å². The number of carbonyl (C=O) groups excluding carboxylic acids is 1. The number of amides is 1. The summed E-state index contributed by atoms with van der Waals surface area (Å²) in [7, 11) is 0. The highest BCUT2D eigenvalue weighted by Crippen LogP contribution is 2.23. The Balaban J connectivity index is 1.67. The van der Waals surface area contributed by atoms with Gasteiger partial charge in [-0.1, -0.05) is 31.0 Å². The predicted octanol–water partition coefficient (Wildman–Crippen LogP) is 3.84. The number of furan rings is 1. The molecule has 0 saturated heterocycles. The minimum absolute atomic E-state index is 0.197. The number of carbonyl (C=O) groups is 2. The molecule has 0 radical (unpaired) electrons. The van der Waals surface area contributed by atoms with E-state index in [-0.39, 0.29) is 24.0 Å². The Morgan fingerprint density at radius 1 is 1.00 bits per heavy atom. The normalized spacial score (nSPS) is 10.3. The molecule has 0 unspecified atom stereocenters. The third-order valence-corrected chi connectivity index (χ3v) is 3.37. The highest BCUT2D eigenvalue weighted by atomic mass is 16.6. The Labute approximate surface area is 140 Å². The molecule has 1 aromatic heterocycles. The zero-order chi connectivity index (χ0) is 17.2. The maximum absolute atomic E-state index is 12.0. The second-order valence-electron chi connectivity index (χ2n) is 5.35. The Kier molecular flexibility index (Phi) is 6.89. The number of aliphatic carboxylic acids is 1. The van der Waals surface area contributed by atoms with Crippen LogP contribution < -0.4 is 10.1 Å². The van der Waals surface area contributed by atoms with Gasteiger partial charge in [0.15, 0.2) is 5.76 Å². The van der Waals surface area contributed by atoms with Crippen LogP contribution in [0.15, 0.2) is 46.9 Å². The monoisotopic (exact) mass is 331 g/mol. The number of para-hydroxylation sites is 1. The minimum atomic E-state index is -0.769. The molecule has 1 heterocycles. The highest BCUT2D eigenvalue weighted by Gasteiger charge is 2.11. The smallest absolute Gasteiger partial charge is 0.303 e. The van der Waals surface area contributed by atoms with Crippen LogP contribution in [0.25, 0.3) is 0 Å². The second kappa shape index (κ2) is 9.39. The molecule has 0 bridgehead atoms. The lowest BCUT2D eigenvalue weighted by Crippen LogP contribution is -2.23. The van der Waals surface area contributed by atoms with E-state index in [1.165, 1.54) is 0 Å². The molecule has 1 amide bonds. The predicted molar refractivity (Wildman–Crippen MR) is 88.3 cm³/mol. The number of carboxylic acids is 1. The van der Waals surface area contributed by atoms with E-state index < -0.39 is 5.97 Å². The molecule has 0 spiro atoms. The van der Waals surface area contributed by atoms with Crippen molar-refractivity contribution in [1.29, 1.82) is 0 Å². The summed E-state index contributed by atoms with van der Waals surface area (Å²) in [5.41, 5.74) is 0.